The highest BCUT2D eigenvalue weighted by atomic mass is 19.1. The monoisotopic (exact) mass is 409 g/mol. The van der Waals surface area contributed by atoms with E-state index in [0.717, 1.165) is 24.3 Å². The molecule has 1 atom stereocenters. The molecule has 0 unspecified atom stereocenters. The maximum Gasteiger partial charge on any atom is 0.318 e. The summed E-state index contributed by atoms with van der Waals surface area (Å²) in [5.74, 6) is -0.0507. The number of carbonyl (C=O) groups is 1. The fourth-order valence-electron chi connectivity index (χ4n) is 3.47. The molecule has 0 aliphatic carbocycles. The van der Waals surface area contributed by atoms with Crippen LogP contribution in [0.4, 0.5) is 16.1 Å². The lowest BCUT2D eigenvalue weighted by atomic mass is 10.1. The Morgan fingerprint density at radius 1 is 1.07 bits per heavy atom. The van der Waals surface area contributed by atoms with Gasteiger partial charge in [-0.25, -0.2) is 4.39 Å². The largest absolute Gasteiger partial charge is 0.406 e. The summed E-state index contributed by atoms with van der Waals surface area (Å²) < 4.78 is 18.9. The first kappa shape index (κ1) is 19.9. The van der Waals surface area contributed by atoms with Gasteiger partial charge in [-0.05, 0) is 50.2 Å². The molecule has 7 nitrogen and oxygen atoms in total. The summed E-state index contributed by atoms with van der Waals surface area (Å²) in [4.78, 5) is 16.7. The zero-order chi connectivity index (χ0) is 21.1. The first-order valence-electron chi connectivity index (χ1n) is 9.96. The minimum absolute atomic E-state index is 0.182. The SMILES string of the molecule is Cc1cccc(C(=O)N[C@@H](C)c2nnc(N3CCN(c4ccc(F)cc4)CC3)o2)c1. The molecule has 8 heteroatoms. The molecular formula is C22H24FN5O2. The molecule has 1 aromatic heterocycles. The number of nitrogens with one attached hydrogen (secondary N) is 1. The number of halogens is 1. The lowest BCUT2D eigenvalue weighted by Gasteiger charge is -2.35. The first-order chi connectivity index (χ1) is 14.5. The molecule has 1 aliphatic heterocycles. The van der Waals surface area contributed by atoms with Crippen LogP contribution in [-0.2, 0) is 0 Å². The van der Waals surface area contributed by atoms with Crippen molar-refractivity contribution in [2.24, 2.45) is 0 Å². The number of nitrogens with zero attached hydrogens (tertiary/aromatic N) is 4. The van der Waals surface area contributed by atoms with Crippen molar-refractivity contribution in [2.45, 2.75) is 19.9 Å². The van der Waals surface area contributed by atoms with E-state index in [1.54, 1.807) is 18.2 Å². The quantitative estimate of drug-likeness (QED) is 0.697. The van der Waals surface area contributed by atoms with Crippen molar-refractivity contribution in [3.05, 3.63) is 71.4 Å². The Hall–Kier alpha value is -3.42. The number of benzene rings is 2. The molecule has 1 fully saturated rings. The predicted octanol–water partition coefficient (Wildman–Crippen LogP) is 3.33. The van der Waals surface area contributed by atoms with Gasteiger partial charge < -0.3 is 19.5 Å². The molecule has 156 valence electrons. The summed E-state index contributed by atoms with van der Waals surface area (Å²) in [5, 5.41) is 11.2. The van der Waals surface area contributed by atoms with Gasteiger partial charge >= 0.3 is 6.01 Å². The highest BCUT2D eigenvalue weighted by Gasteiger charge is 2.24. The second-order valence-corrected chi connectivity index (χ2v) is 7.44. The van der Waals surface area contributed by atoms with Crippen LogP contribution < -0.4 is 15.1 Å². The zero-order valence-corrected chi connectivity index (χ0v) is 17.0. The minimum Gasteiger partial charge on any atom is -0.406 e. The van der Waals surface area contributed by atoms with Crippen molar-refractivity contribution in [2.75, 3.05) is 36.0 Å². The van der Waals surface area contributed by atoms with Gasteiger partial charge in [-0.15, -0.1) is 5.10 Å². The highest BCUT2D eigenvalue weighted by molar-refractivity contribution is 5.94. The molecule has 1 aliphatic rings. The minimum atomic E-state index is -0.403. The molecule has 0 saturated carbocycles. The van der Waals surface area contributed by atoms with Crippen LogP contribution in [0.2, 0.25) is 0 Å². The van der Waals surface area contributed by atoms with E-state index in [1.165, 1.54) is 12.1 Å². The normalized spacial score (nSPS) is 15.2. The van der Waals surface area contributed by atoms with Crippen LogP contribution in [0.15, 0.2) is 52.9 Å². The summed E-state index contributed by atoms with van der Waals surface area (Å²) in [7, 11) is 0. The van der Waals surface area contributed by atoms with Gasteiger partial charge in [0.2, 0.25) is 5.89 Å². The maximum absolute atomic E-state index is 13.1. The van der Waals surface area contributed by atoms with Gasteiger partial charge in [0.1, 0.15) is 11.9 Å². The number of hydrogen-bond donors (Lipinski definition) is 1. The van der Waals surface area contributed by atoms with Crippen molar-refractivity contribution in [3.63, 3.8) is 0 Å². The molecule has 2 heterocycles. The predicted molar refractivity (Wildman–Crippen MR) is 112 cm³/mol. The van der Waals surface area contributed by atoms with Crippen molar-refractivity contribution >= 4 is 17.6 Å². The first-order valence-corrected chi connectivity index (χ1v) is 9.96. The molecule has 1 N–H and O–H groups in total. The Bertz CT molecular complexity index is 1010. The number of aryl methyl sites for hydroxylation is 1. The summed E-state index contributed by atoms with van der Waals surface area (Å²) in [6.07, 6.45) is 0. The fraction of sp³-hybridized carbons (Fsp3) is 0.318. The summed E-state index contributed by atoms with van der Waals surface area (Å²) in [6, 6.07) is 14.0. The van der Waals surface area contributed by atoms with Gasteiger partial charge in [0.25, 0.3) is 5.91 Å². The Morgan fingerprint density at radius 2 is 1.77 bits per heavy atom. The molecule has 4 rings (SSSR count). The van der Waals surface area contributed by atoms with Crippen LogP contribution in [0.25, 0.3) is 0 Å². The molecule has 2 aromatic carbocycles. The second-order valence-electron chi connectivity index (χ2n) is 7.44. The number of hydrogen-bond acceptors (Lipinski definition) is 6. The Kier molecular flexibility index (Phi) is 5.65. The molecule has 30 heavy (non-hydrogen) atoms. The van der Waals surface area contributed by atoms with E-state index < -0.39 is 6.04 Å². The number of piperazine rings is 1. The van der Waals surface area contributed by atoms with Crippen LogP contribution >= 0.6 is 0 Å². The summed E-state index contributed by atoms with van der Waals surface area (Å²) >= 11 is 0. The van der Waals surface area contributed by atoms with Crippen LogP contribution in [-0.4, -0.2) is 42.3 Å². The number of rotatable bonds is 5. The van der Waals surface area contributed by atoms with E-state index in [1.807, 2.05) is 36.9 Å². The Balaban J connectivity index is 1.35. The van der Waals surface area contributed by atoms with E-state index in [2.05, 4.69) is 20.4 Å². The number of carbonyl (C=O) groups excluding carboxylic acids is 1. The maximum atomic E-state index is 13.1. The highest BCUT2D eigenvalue weighted by Crippen LogP contribution is 2.22. The van der Waals surface area contributed by atoms with Crippen LogP contribution in [0.1, 0.15) is 34.8 Å². The van der Waals surface area contributed by atoms with Crippen LogP contribution in [0.5, 0.6) is 0 Å². The summed E-state index contributed by atoms with van der Waals surface area (Å²) in [6.45, 7) is 6.72. The van der Waals surface area contributed by atoms with Crippen molar-refractivity contribution in [3.8, 4) is 0 Å². The van der Waals surface area contributed by atoms with Gasteiger partial charge in [0.15, 0.2) is 0 Å². The topological polar surface area (TPSA) is 74.5 Å². The lowest BCUT2D eigenvalue weighted by molar-refractivity contribution is 0.0934. The second kappa shape index (κ2) is 8.52. The third-order valence-electron chi connectivity index (χ3n) is 5.17. The van der Waals surface area contributed by atoms with Gasteiger partial charge in [-0.2, -0.15) is 0 Å². The smallest absolute Gasteiger partial charge is 0.318 e. The van der Waals surface area contributed by atoms with Crippen molar-refractivity contribution < 1.29 is 13.6 Å². The molecule has 0 radical (unpaired) electrons. The van der Waals surface area contributed by atoms with E-state index in [9.17, 15) is 9.18 Å². The lowest BCUT2D eigenvalue weighted by Crippen LogP contribution is -2.46. The van der Waals surface area contributed by atoms with E-state index in [4.69, 9.17) is 4.42 Å². The van der Waals surface area contributed by atoms with Crippen LogP contribution in [0, 0.1) is 12.7 Å². The van der Waals surface area contributed by atoms with E-state index >= 15 is 0 Å². The van der Waals surface area contributed by atoms with Gasteiger partial charge in [-0.1, -0.05) is 22.8 Å². The van der Waals surface area contributed by atoms with Crippen LogP contribution in [0.3, 0.4) is 0 Å². The zero-order valence-electron chi connectivity index (χ0n) is 17.0. The Labute approximate surface area is 174 Å². The summed E-state index contributed by atoms with van der Waals surface area (Å²) in [5.41, 5.74) is 2.61. The Morgan fingerprint density at radius 3 is 2.47 bits per heavy atom. The fourth-order valence-corrected chi connectivity index (χ4v) is 3.47. The third-order valence-corrected chi connectivity index (χ3v) is 5.17. The molecule has 0 bridgehead atoms. The number of anilines is 2. The van der Waals surface area contributed by atoms with Gasteiger partial charge in [0.05, 0.1) is 0 Å². The van der Waals surface area contributed by atoms with Gasteiger partial charge in [-0.3, -0.25) is 4.79 Å². The molecule has 0 spiro atoms. The average molecular weight is 409 g/mol. The van der Waals surface area contributed by atoms with Gasteiger partial charge in [0, 0.05) is 37.4 Å². The number of amides is 1. The number of aromatic nitrogens is 2. The van der Waals surface area contributed by atoms with E-state index in [-0.39, 0.29) is 11.7 Å². The standard InChI is InChI=1S/C22H24FN5O2/c1-15-4-3-5-17(14-15)20(29)24-16(2)21-25-26-22(30-21)28-12-10-27(11-13-28)19-8-6-18(23)7-9-19/h3-9,14,16H,10-13H2,1-2H3,(H,24,29)/t16-/m0/s1. The molecule has 1 amide bonds. The molecule has 3 aromatic rings. The van der Waals surface area contributed by atoms with Crippen molar-refractivity contribution in [1.82, 2.24) is 15.5 Å². The van der Waals surface area contributed by atoms with E-state index in [0.29, 0.717) is 30.6 Å². The average Bonchev–Trinajstić information content (AvgIpc) is 3.25. The third kappa shape index (κ3) is 4.42. The molecular weight excluding hydrogens is 385 g/mol. The van der Waals surface area contributed by atoms with Crippen molar-refractivity contribution in [1.29, 1.82) is 0 Å². The molecule has 1 saturated heterocycles.